The highest BCUT2D eigenvalue weighted by atomic mass is 16.5. The van der Waals surface area contributed by atoms with Crippen LogP contribution < -0.4 is 10.5 Å². The van der Waals surface area contributed by atoms with Gasteiger partial charge in [0.2, 0.25) is 0 Å². The van der Waals surface area contributed by atoms with E-state index in [1.807, 2.05) is 24.4 Å². The lowest BCUT2D eigenvalue weighted by atomic mass is 10.1. The van der Waals surface area contributed by atoms with Crippen molar-refractivity contribution in [1.82, 2.24) is 4.98 Å². The van der Waals surface area contributed by atoms with Crippen LogP contribution in [0.15, 0.2) is 24.4 Å². The first-order valence-electron chi connectivity index (χ1n) is 5.63. The number of ether oxygens (including phenoxy) is 2. The highest BCUT2D eigenvalue weighted by Crippen LogP contribution is 2.24. The first kappa shape index (κ1) is 12.4. The molecule has 0 saturated heterocycles. The van der Waals surface area contributed by atoms with Crippen molar-refractivity contribution in [2.75, 3.05) is 14.2 Å². The van der Waals surface area contributed by atoms with Crippen LogP contribution in [0.3, 0.4) is 0 Å². The van der Waals surface area contributed by atoms with Crippen LogP contribution in [0.4, 0.5) is 0 Å². The fourth-order valence-electron chi connectivity index (χ4n) is 1.93. The number of methoxy groups -OCH3 is 2. The normalized spacial score (nSPS) is 12.4. The van der Waals surface area contributed by atoms with Crippen LogP contribution in [0.2, 0.25) is 0 Å². The average Bonchev–Trinajstić information content (AvgIpc) is 2.80. The van der Waals surface area contributed by atoms with E-state index in [9.17, 15) is 4.79 Å². The molecule has 1 aromatic heterocycles. The zero-order valence-electron chi connectivity index (χ0n) is 10.4. The predicted octanol–water partition coefficient (Wildman–Crippen LogP) is 1.22. The van der Waals surface area contributed by atoms with Gasteiger partial charge in [-0.15, -0.1) is 0 Å². The van der Waals surface area contributed by atoms with Crippen molar-refractivity contribution in [3.05, 3.63) is 30.0 Å². The fraction of sp³-hybridized carbons (Fsp3) is 0.308. The van der Waals surface area contributed by atoms with Gasteiger partial charge in [0.25, 0.3) is 0 Å². The summed E-state index contributed by atoms with van der Waals surface area (Å²) < 4.78 is 9.80. The van der Waals surface area contributed by atoms with E-state index in [0.717, 1.165) is 22.2 Å². The highest BCUT2D eigenvalue weighted by Gasteiger charge is 2.16. The van der Waals surface area contributed by atoms with Gasteiger partial charge in [-0.3, -0.25) is 4.79 Å². The molecule has 1 atom stereocenters. The number of esters is 1. The van der Waals surface area contributed by atoms with E-state index in [4.69, 9.17) is 10.5 Å². The van der Waals surface area contributed by atoms with Gasteiger partial charge in [0, 0.05) is 23.5 Å². The quantitative estimate of drug-likeness (QED) is 0.797. The van der Waals surface area contributed by atoms with Crippen molar-refractivity contribution in [3.63, 3.8) is 0 Å². The number of nitrogens with two attached hydrogens (primary N) is 1. The molecule has 0 radical (unpaired) electrons. The second-order valence-corrected chi connectivity index (χ2v) is 4.06. The summed E-state index contributed by atoms with van der Waals surface area (Å²) in [6.07, 6.45) is 2.28. The van der Waals surface area contributed by atoms with Gasteiger partial charge in [-0.05, 0) is 23.8 Å². The molecule has 0 unspecified atom stereocenters. The number of aromatic nitrogens is 1. The minimum atomic E-state index is -0.653. The third-order valence-corrected chi connectivity index (χ3v) is 2.92. The third-order valence-electron chi connectivity index (χ3n) is 2.92. The van der Waals surface area contributed by atoms with Crippen LogP contribution in [-0.2, 0) is 16.0 Å². The second kappa shape index (κ2) is 5.10. The van der Waals surface area contributed by atoms with Gasteiger partial charge in [-0.1, -0.05) is 0 Å². The molecule has 0 bridgehead atoms. The number of fused-ring (bicyclic) bond motifs is 1. The predicted molar refractivity (Wildman–Crippen MR) is 68.5 cm³/mol. The van der Waals surface area contributed by atoms with Gasteiger partial charge in [0.15, 0.2) is 0 Å². The van der Waals surface area contributed by atoms with E-state index in [-0.39, 0.29) is 0 Å². The van der Waals surface area contributed by atoms with Gasteiger partial charge in [0.1, 0.15) is 11.8 Å². The molecular formula is C13H16N2O3. The van der Waals surface area contributed by atoms with E-state index in [1.54, 1.807) is 7.11 Å². The number of rotatable bonds is 4. The number of carbonyl (C=O) groups excluding carboxylic acids is 1. The Morgan fingerprint density at radius 3 is 2.89 bits per heavy atom. The lowest BCUT2D eigenvalue weighted by molar-refractivity contribution is -0.142. The minimum absolute atomic E-state index is 0.410. The summed E-state index contributed by atoms with van der Waals surface area (Å²) >= 11 is 0. The van der Waals surface area contributed by atoms with Crippen molar-refractivity contribution in [2.24, 2.45) is 5.73 Å². The molecule has 0 aliphatic carbocycles. The number of hydrogen-bond acceptors (Lipinski definition) is 4. The Balaban J connectivity index is 2.30. The molecule has 0 aliphatic rings. The van der Waals surface area contributed by atoms with E-state index >= 15 is 0 Å². The number of carbonyl (C=O) groups is 1. The van der Waals surface area contributed by atoms with E-state index < -0.39 is 12.0 Å². The van der Waals surface area contributed by atoms with Crippen molar-refractivity contribution in [3.8, 4) is 5.75 Å². The molecule has 3 N–H and O–H groups in total. The topological polar surface area (TPSA) is 77.3 Å². The Bertz CT molecular complexity index is 562. The molecule has 0 aliphatic heterocycles. The van der Waals surface area contributed by atoms with Crippen LogP contribution in [-0.4, -0.2) is 31.2 Å². The Morgan fingerprint density at radius 2 is 2.22 bits per heavy atom. The SMILES string of the molecule is COC(=O)[C@H](N)Cc1c[nH]c2ccc(OC)cc12. The summed E-state index contributed by atoms with van der Waals surface area (Å²) in [6.45, 7) is 0. The molecule has 2 aromatic rings. The molecule has 5 heteroatoms. The van der Waals surface area contributed by atoms with Gasteiger partial charge in [0.05, 0.1) is 14.2 Å². The van der Waals surface area contributed by atoms with E-state index in [2.05, 4.69) is 9.72 Å². The Kier molecular flexibility index (Phi) is 3.53. The summed E-state index contributed by atoms with van der Waals surface area (Å²) in [5, 5.41) is 1.01. The van der Waals surface area contributed by atoms with Crippen molar-refractivity contribution in [2.45, 2.75) is 12.5 Å². The maximum Gasteiger partial charge on any atom is 0.322 e. The maximum absolute atomic E-state index is 11.3. The molecule has 96 valence electrons. The molecule has 0 fully saturated rings. The number of aromatic amines is 1. The largest absolute Gasteiger partial charge is 0.497 e. The summed E-state index contributed by atoms with van der Waals surface area (Å²) in [6, 6.07) is 5.08. The fourth-order valence-corrected chi connectivity index (χ4v) is 1.93. The molecule has 1 heterocycles. The average molecular weight is 248 g/mol. The standard InChI is InChI=1S/C13H16N2O3/c1-17-9-3-4-12-10(6-9)8(7-15-12)5-11(14)13(16)18-2/h3-4,6-7,11,15H,5,14H2,1-2H3/t11-/m1/s1. The maximum atomic E-state index is 11.3. The summed E-state index contributed by atoms with van der Waals surface area (Å²) in [7, 11) is 2.95. The number of nitrogens with one attached hydrogen (secondary N) is 1. The molecule has 0 saturated carbocycles. The lowest BCUT2D eigenvalue weighted by Gasteiger charge is -2.08. The van der Waals surface area contributed by atoms with Crippen molar-refractivity contribution >= 4 is 16.9 Å². The van der Waals surface area contributed by atoms with Gasteiger partial charge in [-0.25, -0.2) is 0 Å². The summed E-state index contributed by atoms with van der Waals surface area (Å²) in [5.41, 5.74) is 7.72. The number of H-pyrrole nitrogens is 1. The van der Waals surface area contributed by atoms with Crippen molar-refractivity contribution in [1.29, 1.82) is 0 Å². The van der Waals surface area contributed by atoms with Crippen LogP contribution in [0.1, 0.15) is 5.56 Å². The van der Waals surface area contributed by atoms with Crippen LogP contribution in [0.25, 0.3) is 10.9 Å². The minimum Gasteiger partial charge on any atom is -0.497 e. The summed E-state index contributed by atoms with van der Waals surface area (Å²) in [5.74, 6) is 0.363. The number of hydrogen-bond donors (Lipinski definition) is 2. The lowest BCUT2D eigenvalue weighted by Crippen LogP contribution is -2.33. The number of benzene rings is 1. The van der Waals surface area contributed by atoms with Crippen LogP contribution in [0, 0.1) is 0 Å². The molecule has 0 amide bonds. The monoisotopic (exact) mass is 248 g/mol. The van der Waals surface area contributed by atoms with Crippen LogP contribution in [0.5, 0.6) is 5.75 Å². The molecule has 5 nitrogen and oxygen atoms in total. The second-order valence-electron chi connectivity index (χ2n) is 4.06. The Morgan fingerprint density at radius 1 is 1.44 bits per heavy atom. The Hall–Kier alpha value is -2.01. The molecular weight excluding hydrogens is 232 g/mol. The molecule has 18 heavy (non-hydrogen) atoms. The molecule has 1 aromatic carbocycles. The smallest absolute Gasteiger partial charge is 0.322 e. The highest BCUT2D eigenvalue weighted by molar-refractivity contribution is 5.85. The van der Waals surface area contributed by atoms with Crippen molar-refractivity contribution < 1.29 is 14.3 Å². The first-order valence-corrected chi connectivity index (χ1v) is 5.63. The van der Waals surface area contributed by atoms with Gasteiger partial charge >= 0.3 is 5.97 Å². The van der Waals surface area contributed by atoms with Gasteiger partial charge < -0.3 is 20.2 Å². The first-order chi connectivity index (χ1) is 8.65. The van der Waals surface area contributed by atoms with E-state index in [1.165, 1.54) is 7.11 Å². The zero-order valence-corrected chi connectivity index (χ0v) is 10.4. The van der Waals surface area contributed by atoms with Gasteiger partial charge in [-0.2, -0.15) is 0 Å². The Labute approximate surface area is 105 Å². The van der Waals surface area contributed by atoms with E-state index in [0.29, 0.717) is 6.42 Å². The zero-order chi connectivity index (χ0) is 13.1. The molecule has 2 rings (SSSR count). The molecule has 0 spiro atoms. The third kappa shape index (κ3) is 2.31. The summed E-state index contributed by atoms with van der Waals surface area (Å²) in [4.78, 5) is 14.5. The van der Waals surface area contributed by atoms with Crippen LogP contribution >= 0.6 is 0 Å².